The highest BCUT2D eigenvalue weighted by atomic mass is 17.1. The molecule has 7 N–H and O–H groups in total. The first kappa shape index (κ1) is 12.1. The lowest BCUT2D eigenvalue weighted by Gasteiger charge is -2.35. The maximum absolute atomic E-state index is 9.42. The number of aliphatic hydroxyl groups excluding tert-OH is 2. The Kier molecular flexibility index (Phi) is 4.24. The number of aliphatic hydroxyl groups is 2. The van der Waals surface area contributed by atoms with E-state index in [1.54, 1.807) is 0 Å². The highest BCUT2D eigenvalue weighted by Crippen LogP contribution is 2.22. The maximum Gasteiger partial charge on any atom is 0.217 e. The molecule has 2 unspecified atom stereocenters. The minimum atomic E-state index is -1.19. The van der Waals surface area contributed by atoms with E-state index in [4.69, 9.17) is 26.6 Å². The van der Waals surface area contributed by atoms with Crippen molar-refractivity contribution < 1.29 is 25.1 Å². The van der Waals surface area contributed by atoms with Crippen molar-refractivity contribution in [3.05, 3.63) is 0 Å². The van der Waals surface area contributed by atoms with E-state index in [2.05, 4.69) is 9.88 Å². The Morgan fingerprint density at radius 2 is 2.20 bits per heavy atom. The van der Waals surface area contributed by atoms with Gasteiger partial charge in [-0.1, -0.05) is 0 Å². The number of guanidine groups is 1. The first-order valence-electron chi connectivity index (χ1n) is 4.41. The molecule has 8 heteroatoms. The summed E-state index contributed by atoms with van der Waals surface area (Å²) in [5, 5.41) is 26.8. The lowest BCUT2D eigenvalue weighted by atomic mass is 10.0. The van der Waals surface area contributed by atoms with Gasteiger partial charge in [-0.2, -0.15) is 0 Å². The largest absolute Gasteiger partial charge is 0.394 e. The van der Waals surface area contributed by atoms with E-state index in [-0.39, 0.29) is 19.0 Å². The molecule has 8 nitrogen and oxygen atoms in total. The summed E-state index contributed by atoms with van der Waals surface area (Å²) in [5.74, 6) is -0.155. The Hall–Kier alpha value is -0.930. The van der Waals surface area contributed by atoms with Gasteiger partial charge in [-0.3, -0.25) is 0 Å². The van der Waals surface area contributed by atoms with Crippen LogP contribution < -0.4 is 11.5 Å². The molecular weight excluding hydrogens is 206 g/mol. The zero-order chi connectivity index (χ0) is 11.4. The third-order valence-electron chi connectivity index (χ3n) is 2.13. The summed E-state index contributed by atoms with van der Waals surface area (Å²) in [6, 6.07) is -0.554. The summed E-state index contributed by atoms with van der Waals surface area (Å²) in [4.78, 5) is 7.69. The van der Waals surface area contributed by atoms with Crippen molar-refractivity contribution in [2.75, 3.05) is 6.61 Å². The van der Waals surface area contributed by atoms with Gasteiger partial charge in [0.15, 0.2) is 5.96 Å². The number of ether oxygens (including phenoxy) is 1. The molecular formula is C7H15N3O5. The summed E-state index contributed by atoms with van der Waals surface area (Å²) >= 11 is 0. The van der Waals surface area contributed by atoms with Gasteiger partial charge in [0, 0.05) is 6.42 Å². The van der Waals surface area contributed by atoms with Crippen molar-refractivity contribution in [3.63, 3.8) is 0 Å². The van der Waals surface area contributed by atoms with Crippen LogP contribution >= 0.6 is 0 Å². The fraction of sp³-hybridized carbons (Fsp3) is 0.857. The SMILES string of the molecule is NC(N)=N[C@H]1CC(O)[C@@H](OO)OC1CO. The van der Waals surface area contributed by atoms with Crippen molar-refractivity contribution in [1.29, 1.82) is 0 Å². The molecule has 0 aromatic heterocycles. The van der Waals surface area contributed by atoms with E-state index >= 15 is 0 Å². The van der Waals surface area contributed by atoms with Crippen LogP contribution in [0.25, 0.3) is 0 Å². The predicted molar refractivity (Wildman–Crippen MR) is 49.7 cm³/mol. The number of nitrogens with zero attached hydrogens (tertiary/aromatic N) is 1. The number of hydrogen-bond acceptors (Lipinski definition) is 6. The third-order valence-corrected chi connectivity index (χ3v) is 2.13. The molecule has 1 rings (SSSR count). The van der Waals surface area contributed by atoms with Crippen LogP contribution in [0, 0.1) is 0 Å². The van der Waals surface area contributed by atoms with Crippen molar-refractivity contribution >= 4 is 5.96 Å². The van der Waals surface area contributed by atoms with Gasteiger partial charge in [-0.05, 0) is 0 Å². The first-order valence-corrected chi connectivity index (χ1v) is 4.41. The molecule has 1 saturated heterocycles. The van der Waals surface area contributed by atoms with Crippen LogP contribution in [0.5, 0.6) is 0 Å². The predicted octanol–water partition coefficient (Wildman–Crippen LogP) is -2.41. The van der Waals surface area contributed by atoms with Crippen LogP contribution in [0.2, 0.25) is 0 Å². The second-order valence-electron chi connectivity index (χ2n) is 3.26. The Morgan fingerprint density at radius 1 is 1.53 bits per heavy atom. The number of rotatable bonds is 3. The Bertz CT molecular complexity index is 233. The van der Waals surface area contributed by atoms with Crippen LogP contribution in [0.15, 0.2) is 4.99 Å². The Balaban J connectivity index is 2.69. The molecule has 1 heterocycles. The molecule has 1 fully saturated rings. The minimum absolute atomic E-state index is 0.133. The van der Waals surface area contributed by atoms with Gasteiger partial charge < -0.3 is 26.4 Å². The topological polar surface area (TPSA) is 144 Å². The number of hydrogen-bond donors (Lipinski definition) is 5. The van der Waals surface area contributed by atoms with E-state index in [1.165, 1.54) is 0 Å². The van der Waals surface area contributed by atoms with E-state index in [1.807, 2.05) is 0 Å². The molecule has 0 spiro atoms. The van der Waals surface area contributed by atoms with Crippen LogP contribution in [-0.2, 0) is 9.62 Å². The molecule has 0 radical (unpaired) electrons. The number of aliphatic imine (C=N–C) groups is 1. The van der Waals surface area contributed by atoms with Crippen LogP contribution in [0.1, 0.15) is 6.42 Å². The highest BCUT2D eigenvalue weighted by molar-refractivity contribution is 5.75. The first-order chi connectivity index (χ1) is 7.08. The molecule has 0 saturated carbocycles. The zero-order valence-electron chi connectivity index (χ0n) is 7.98. The molecule has 0 amide bonds. The smallest absolute Gasteiger partial charge is 0.217 e. The van der Waals surface area contributed by atoms with Gasteiger partial charge >= 0.3 is 0 Å². The lowest BCUT2D eigenvalue weighted by molar-refractivity contribution is -0.386. The van der Waals surface area contributed by atoms with Gasteiger partial charge in [0.05, 0.1) is 12.6 Å². The van der Waals surface area contributed by atoms with Crippen LogP contribution in [0.4, 0.5) is 0 Å². The van der Waals surface area contributed by atoms with Gasteiger partial charge in [-0.15, -0.1) is 0 Å². The van der Waals surface area contributed by atoms with Gasteiger partial charge in [0.1, 0.15) is 12.2 Å². The fourth-order valence-electron chi connectivity index (χ4n) is 1.45. The quantitative estimate of drug-likeness (QED) is 0.154. The zero-order valence-corrected chi connectivity index (χ0v) is 7.98. The monoisotopic (exact) mass is 221 g/mol. The third kappa shape index (κ3) is 3.01. The van der Waals surface area contributed by atoms with Crippen molar-refractivity contribution in [3.8, 4) is 0 Å². The molecule has 0 bridgehead atoms. The average Bonchev–Trinajstić information content (AvgIpc) is 2.17. The van der Waals surface area contributed by atoms with Gasteiger partial charge in [0.2, 0.25) is 6.29 Å². The summed E-state index contributed by atoms with van der Waals surface area (Å²) < 4.78 is 5.02. The molecule has 88 valence electrons. The standard InChI is InChI=1S/C7H15N3O5/c8-7(9)10-3-1-4(12)6(15-13)14-5(3)2-11/h3-6,11-13H,1-2H2,(H4,8,9,10)/t3-,4?,5?,6+/m0/s1. The highest BCUT2D eigenvalue weighted by Gasteiger charge is 2.37. The second kappa shape index (κ2) is 5.24. The number of nitrogens with two attached hydrogens (primary N) is 2. The van der Waals surface area contributed by atoms with Crippen LogP contribution in [-0.4, -0.2) is 52.6 Å². The van der Waals surface area contributed by atoms with Crippen molar-refractivity contribution in [2.45, 2.75) is 31.0 Å². The molecule has 0 aromatic rings. The molecule has 1 aliphatic rings. The van der Waals surface area contributed by atoms with E-state index in [0.717, 1.165) is 0 Å². The van der Waals surface area contributed by atoms with Crippen molar-refractivity contribution in [1.82, 2.24) is 0 Å². The second-order valence-corrected chi connectivity index (χ2v) is 3.26. The maximum atomic E-state index is 9.42. The summed E-state index contributed by atoms with van der Waals surface area (Å²) in [5.41, 5.74) is 10.4. The molecule has 1 aliphatic heterocycles. The van der Waals surface area contributed by atoms with Gasteiger partial charge in [0.25, 0.3) is 0 Å². The fourth-order valence-corrected chi connectivity index (χ4v) is 1.45. The minimum Gasteiger partial charge on any atom is -0.394 e. The van der Waals surface area contributed by atoms with Gasteiger partial charge in [-0.25, -0.2) is 15.1 Å². The lowest BCUT2D eigenvalue weighted by Crippen LogP contribution is -2.49. The van der Waals surface area contributed by atoms with E-state index in [0.29, 0.717) is 0 Å². The van der Waals surface area contributed by atoms with Crippen LogP contribution in [0.3, 0.4) is 0 Å². The van der Waals surface area contributed by atoms with E-state index < -0.39 is 24.5 Å². The molecule has 4 atom stereocenters. The normalized spacial score (nSPS) is 36.2. The van der Waals surface area contributed by atoms with Crippen molar-refractivity contribution in [2.24, 2.45) is 16.5 Å². The molecule has 0 aliphatic carbocycles. The Labute approximate surface area is 86.0 Å². The Morgan fingerprint density at radius 3 is 2.67 bits per heavy atom. The van der Waals surface area contributed by atoms with E-state index in [9.17, 15) is 5.11 Å². The summed E-state index contributed by atoms with van der Waals surface area (Å²) in [7, 11) is 0. The summed E-state index contributed by atoms with van der Waals surface area (Å²) in [6.07, 6.45) is -2.82. The average molecular weight is 221 g/mol. The molecule has 0 aromatic carbocycles. The summed E-state index contributed by atoms with van der Waals surface area (Å²) in [6.45, 7) is -0.339. The molecule has 15 heavy (non-hydrogen) atoms.